The van der Waals surface area contributed by atoms with Gasteiger partial charge in [0.05, 0.1) is 12.8 Å². The number of hydrazine groups is 1. The van der Waals surface area contributed by atoms with E-state index in [-0.39, 0.29) is 5.75 Å². The van der Waals surface area contributed by atoms with E-state index in [4.69, 9.17) is 4.74 Å². The number of nitrogens with one attached hydrogen (secondary N) is 1. The van der Waals surface area contributed by atoms with Crippen LogP contribution in [0.5, 0.6) is 11.5 Å². The highest BCUT2D eigenvalue weighted by molar-refractivity contribution is 5.74. The summed E-state index contributed by atoms with van der Waals surface area (Å²) in [4.78, 5) is 0. The summed E-state index contributed by atoms with van der Waals surface area (Å²) in [5.41, 5.74) is 3.52. The molecule has 1 aromatic carbocycles. The Morgan fingerprint density at radius 3 is 2.73 bits per heavy atom. The van der Waals surface area contributed by atoms with Crippen LogP contribution in [0.1, 0.15) is 45.4 Å². The van der Waals surface area contributed by atoms with Gasteiger partial charge in [0.1, 0.15) is 17.2 Å². The van der Waals surface area contributed by atoms with Crippen LogP contribution in [0.2, 0.25) is 0 Å². The number of hydrogen-bond acceptors (Lipinski definition) is 5. The van der Waals surface area contributed by atoms with Crippen molar-refractivity contribution in [3.8, 4) is 11.5 Å². The first-order chi connectivity index (χ1) is 10.8. The minimum Gasteiger partial charge on any atom is -0.505 e. The first kappa shape index (κ1) is 16.2. The molecule has 0 unspecified atom stereocenters. The van der Waals surface area contributed by atoms with Gasteiger partial charge in [-0.25, -0.2) is 0 Å². The number of ether oxygens (including phenoxy) is 1. The Balaban J connectivity index is 1.75. The van der Waals surface area contributed by atoms with Gasteiger partial charge in [0.25, 0.3) is 0 Å². The fraction of sp³-hybridized carbons (Fsp3) is 0.471. The van der Waals surface area contributed by atoms with E-state index in [0.29, 0.717) is 18.0 Å². The van der Waals surface area contributed by atoms with Crippen LogP contribution in [0, 0.1) is 0 Å². The van der Waals surface area contributed by atoms with Crippen molar-refractivity contribution in [3.63, 3.8) is 0 Å². The van der Waals surface area contributed by atoms with Gasteiger partial charge in [-0.1, -0.05) is 39.0 Å². The first-order valence-electron chi connectivity index (χ1n) is 8.02. The number of anilines is 1. The zero-order valence-corrected chi connectivity index (χ0v) is 13.2. The maximum Gasteiger partial charge on any atom is 0.146 e. The predicted octanol–water partition coefficient (Wildman–Crippen LogP) is 3.96. The van der Waals surface area contributed by atoms with Crippen LogP contribution in [0.3, 0.4) is 0 Å². The first-order valence-corrected chi connectivity index (χ1v) is 8.02. The quantitative estimate of drug-likeness (QED) is 0.678. The van der Waals surface area contributed by atoms with E-state index in [1.165, 1.54) is 37.2 Å². The monoisotopic (exact) mass is 303 g/mol. The van der Waals surface area contributed by atoms with E-state index in [0.717, 1.165) is 6.42 Å². The standard InChI is InChI=1S/C17H25N3O2/c1-2-3-4-5-6-7-13-22-15-9-10-16(17(21)14-15)20-18-11-8-12-19-20/h8-12,14,18,21H,2-7,13H2,1H3. The van der Waals surface area contributed by atoms with Crippen LogP contribution >= 0.6 is 0 Å². The summed E-state index contributed by atoms with van der Waals surface area (Å²) in [6.45, 7) is 2.91. The number of hydrogen-bond donors (Lipinski definition) is 2. The number of hydrazone groups is 1. The summed E-state index contributed by atoms with van der Waals surface area (Å²) in [6.07, 6.45) is 12.6. The van der Waals surface area contributed by atoms with Crippen molar-refractivity contribution in [3.05, 3.63) is 30.5 Å². The van der Waals surface area contributed by atoms with Crippen molar-refractivity contribution in [1.82, 2.24) is 5.43 Å². The third kappa shape index (κ3) is 4.98. The second-order valence-electron chi connectivity index (χ2n) is 5.33. The predicted molar refractivity (Wildman–Crippen MR) is 90.2 cm³/mol. The number of aromatic hydroxyl groups is 1. The van der Waals surface area contributed by atoms with Crippen LogP contribution in [-0.4, -0.2) is 17.9 Å². The van der Waals surface area contributed by atoms with E-state index in [1.54, 1.807) is 30.6 Å². The third-order valence-electron chi connectivity index (χ3n) is 3.50. The van der Waals surface area contributed by atoms with Gasteiger partial charge in [0.2, 0.25) is 0 Å². The largest absolute Gasteiger partial charge is 0.505 e. The number of unbranched alkanes of at least 4 members (excludes halogenated alkanes) is 5. The van der Waals surface area contributed by atoms with Crippen LogP contribution in [0.4, 0.5) is 5.69 Å². The van der Waals surface area contributed by atoms with Crippen molar-refractivity contribution < 1.29 is 9.84 Å². The zero-order valence-electron chi connectivity index (χ0n) is 13.2. The number of phenolic OH excluding ortho intramolecular Hbond substituents is 1. The van der Waals surface area contributed by atoms with Gasteiger partial charge in [-0.15, -0.1) is 0 Å². The highest BCUT2D eigenvalue weighted by atomic mass is 16.5. The molecule has 120 valence electrons. The van der Waals surface area contributed by atoms with Crippen molar-refractivity contribution >= 4 is 11.9 Å². The molecule has 22 heavy (non-hydrogen) atoms. The Morgan fingerprint density at radius 1 is 1.18 bits per heavy atom. The minimum atomic E-state index is 0.139. The Morgan fingerprint density at radius 2 is 2.00 bits per heavy atom. The maximum absolute atomic E-state index is 10.1. The molecule has 1 aliphatic heterocycles. The second-order valence-corrected chi connectivity index (χ2v) is 5.33. The number of allylic oxidation sites excluding steroid dienone is 1. The van der Waals surface area contributed by atoms with E-state index in [2.05, 4.69) is 17.5 Å². The summed E-state index contributed by atoms with van der Waals surface area (Å²) in [5.74, 6) is 0.826. The van der Waals surface area contributed by atoms with Gasteiger partial charge in [0.15, 0.2) is 0 Å². The molecule has 0 aromatic heterocycles. The average molecular weight is 303 g/mol. The van der Waals surface area contributed by atoms with Gasteiger partial charge in [-0.2, -0.15) is 10.2 Å². The molecule has 1 heterocycles. The molecule has 5 nitrogen and oxygen atoms in total. The van der Waals surface area contributed by atoms with Crippen LogP contribution in [0.25, 0.3) is 0 Å². The highest BCUT2D eigenvalue weighted by Gasteiger charge is 2.11. The molecule has 0 spiro atoms. The lowest BCUT2D eigenvalue weighted by molar-refractivity contribution is 0.303. The Labute approximate surface area is 132 Å². The maximum atomic E-state index is 10.1. The molecule has 0 atom stereocenters. The van der Waals surface area contributed by atoms with E-state index in [9.17, 15) is 5.11 Å². The molecule has 0 aliphatic carbocycles. The molecule has 1 aliphatic rings. The Hall–Kier alpha value is -2.17. The van der Waals surface area contributed by atoms with Gasteiger partial charge in [-0.05, 0) is 24.6 Å². The summed E-state index contributed by atoms with van der Waals surface area (Å²) in [5, 5.41) is 15.7. The molecule has 5 heteroatoms. The van der Waals surface area contributed by atoms with E-state index in [1.807, 2.05) is 6.07 Å². The van der Waals surface area contributed by atoms with Gasteiger partial charge in [-0.3, -0.25) is 5.43 Å². The highest BCUT2D eigenvalue weighted by Crippen LogP contribution is 2.31. The molecule has 0 amide bonds. The lowest BCUT2D eigenvalue weighted by Crippen LogP contribution is -2.30. The fourth-order valence-electron chi connectivity index (χ4n) is 2.27. The van der Waals surface area contributed by atoms with E-state index < -0.39 is 0 Å². The number of benzene rings is 1. The number of nitrogens with zero attached hydrogens (tertiary/aromatic N) is 2. The summed E-state index contributed by atoms with van der Waals surface area (Å²) >= 11 is 0. The summed E-state index contributed by atoms with van der Waals surface area (Å²) in [6, 6.07) is 5.26. The molecule has 2 N–H and O–H groups in total. The lowest BCUT2D eigenvalue weighted by atomic mass is 10.1. The lowest BCUT2D eigenvalue weighted by Gasteiger charge is -2.21. The van der Waals surface area contributed by atoms with Gasteiger partial charge in [0, 0.05) is 12.3 Å². The van der Waals surface area contributed by atoms with Crippen LogP contribution in [0.15, 0.2) is 35.6 Å². The van der Waals surface area contributed by atoms with Crippen LogP contribution < -0.4 is 15.3 Å². The fourth-order valence-corrected chi connectivity index (χ4v) is 2.27. The third-order valence-corrected chi connectivity index (χ3v) is 3.50. The SMILES string of the molecule is CCCCCCCCOc1ccc(N2N=CC=CN2)c(O)c1. The van der Waals surface area contributed by atoms with Gasteiger partial charge < -0.3 is 9.84 Å². The molecule has 0 radical (unpaired) electrons. The van der Waals surface area contributed by atoms with Crippen LogP contribution in [-0.2, 0) is 0 Å². The molecule has 0 saturated heterocycles. The molecule has 2 rings (SSSR count). The average Bonchev–Trinajstić information content (AvgIpc) is 2.55. The summed E-state index contributed by atoms with van der Waals surface area (Å²) in [7, 11) is 0. The molecule has 0 fully saturated rings. The zero-order chi connectivity index (χ0) is 15.6. The summed E-state index contributed by atoms with van der Waals surface area (Å²) < 4.78 is 5.68. The smallest absolute Gasteiger partial charge is 0.146 e. The normalized spacial score (nSPS) is 13.2. The van der Waals surface area contributed by atoms with Crippen molar-refractivity contribution in [2.24, 2.45) is 5.10 Å². The molecule has 0 saturated carbocycles. The molecular weight excluding hydrogens is 278 g/mol. The minimum absolute atomic E-state index is 0.139. The molecule has 1 aromatic rings. The topological polar surface area (TPSA) is 57.1 Å². The van der Waals surface area contributed by atoms with Gasteiger partial charge >= 0.3 is 0 Å². The Bertz CT molecular complexity index is 515. The second kappa shape index (κ2) is 8.97. The van der Waals surface area contributed by atoms with Crippen molar-refractivity contribution in [1.29, 1.82) is 0 Å². The number of rotatable bonds is 9. The Kier molecular flexibility index (Phi) is 6.61. The van der Waals surface area contributed by atoms with Crippen molar-refractivity contribution in [2.45, 2.75) is 45.4 Å². The number of phenols is 1. The molecule has 0 bridgehead atoms. The van der Waals surface area contributed by atoms with Crippen molar-refractivity contribution in [2.75, 3.05) is 11.7 Å². The molecular formula is C17H25N3O2. The van der Waals surface area contributed by atoms with E-state index >= 15 is 0 Å².